The first-order valence-electron chi connectivity index (χ1n) is 6.31. The first-order valence-corrected chi connectivity index (χ1v) is 7.98. The molecule has 1 N–H and O–H groups in total. The fraction of sp³-hybridized carbons (Fsp3) is 0.267. The summed E-state index contributed by atoms with van der Waals surface area (Å²) < 4.78 is 0.776. The summed E-state index contributed by atoms with van der Waals surface area (Å²) in [6.07, 6.45) is 0. The van der Waals surface area contributed by atoms with Crippen molar-refractivity contribution < 1.29 is 9.90 Å². The zero-order chi connectivity index (χ0) is 14.7. The lowest BCUT2D eigenvalue weighted by Crippen LogP contribution is -2.36. The highest BCUT2D eigenvalue weighted by molar-refractivity contribution is 9.10. The highest BCUT2D eigenvalue weighted by Gasteiger charge is 2.22. The monoisotopic (exact) mass is 353 g/mol. The molecule has 2 aromatic rings. The number of hydrogen-bond donors (Lipinski definition) is 1. The lowest BCUT2D eigenvalue weighted by molar-refractivity contribution is 0.0689. The van der Waals surface area contributed by atoms with Gasteiger partial charge < -0.3 is 10.0 Å². The Labute approximate surface area is 131 Å². The summed E-state index contributed by atoms with van der Waals surface area (Å²) in [6.45, 7) is 4.50. The van der Waals surface area contributed by atoms with Gasteiger partial charge in [0.25, 0.3) is 5.91 Å². The van der Waals surface area contributed by atoms with Gasteiger partial charge >= 0.3 is 0 Å². The van der Waals surface area contributed by atoms with E-state index >= 15 is 0 Å². The van der Waals surface area contributed by atoms with Crippen LogP contribution in [0.4, 0.5) is 0 Å². The van der Waals surface area contributed by atoms with Crippen molar-refractivity contribution in [1.82, 2.24) is 4.90 Å². The molecule has 1 aromatic carbocycles. The van der Waals surface area contributed by atoms with E-state index in [4.69, 9.17) is 0 Å². The quantitative estimate of drug-likeness (QED) is 0.891. The molecule has 0 saturated heterocycles. The summed E-state index contributed by atoms with van der Waals surface area (Å²) in [6, 6.07) is 8.93. The molecule has 0 aliphatic heterocycles. The third-order valence-electron chi connectivity index (χ3n) is 2.98. The molecule has 0 aliphatic carbocycles. The normalized spacial score (nSPS) is 10.8. The van der Waals surface area contributed by atoms with Gasteiger partial charge in [0.05, 0.1) is 12.1 Å². The van der Waals surface area contributed by atoms with E-state index < -0.39 is 0 Å². The Balaban J connectivity index is 2.29. The number of carbonyl (C=O) groups excluding carboxylic acids is 1. The summed E-state index contributed by atoms with van der Waals surface area (Å²) in [5.41, 5.74) is 0.324. The number of benzene rings is 1. The summed E-state index contributed by atoms with van der Waals surface area (Å²) in [5, 5.41) is 11.9. The third-order valence-corrected chi connectivity index (χ3v) is 4.33. The molecule has 0 radical (unpaired) electrons. The Morgan fingerprint density at radius 2 is 2.15 bits per heavy atom. The fourth-order valence-corrected chi connectivity index (χ4v) is 2.96. The summed E-state index contributed by atoms with van der Waals surface area (Å²) in [4.78, 5) is 15.5. The van der Waals surface area contributed by atoms with Crippen molar-refractivity contribution in [3.05, 3.63) is 50.6 Å². The highest BCUT2D eigenvalue weighted by Crippen LogP contribution is 2.25. The number of amides is 1. The van der Waals surface area contributed by atoms with Crippen LogP contribution in [-0.2, 0) is 6.54 Å². The van der Waals surface area contributed by atoms with Crippen LogP contribution >= 0.6 is 27.3 Å². The second-order valence-corrected chi connectivity index (χ2v) is 6.72. The Morgan fingerprint density at radius 1 is 1.40 bits per heavy atom. The molecule has 3 nitrogen and oxygen atoms in total. The third kappa shape index (κ3) is 3.41. The Hall–Kier alpha value is -1.33. The molecular weight excluding hydrogens is 338 g/mol. The number of halogens is 1. The molecule has 0 fully saturated rings. The van der Waals surface area contributed by atoms with E-state index in [1.807, 2.05) is 31.4 Å². The van der Waals surface area contributed by atoms with Gasteiger partial charge in [-0.05, 0) is 43.5 Å². The van der Waals surface area contributed by atoms with Crippen LogP contribution in [0, 0.1) is 0 Å². The SMILES string of the molecule is CC(C)N(Cc1cccs1)C(=O)c1cc(Br)ccc1O. The standard InChI is InChI=1S/C15H16BrNO2S/c1-10(2)17(9-12-4-3-7-20-12)15(19)13-8-11(16)5-6-14(13)18/h3-8,10,18H,9H2,1-2H3. The van der Waals surface area contributed by atoms with Crippen LogP contribution in [0.25, 0.3) is 0 Å². The van der Waals surface area contributed by atoms with Gasteiger partial charge in [-0.15, -0.1) is 11.3 Å². The molecular formula is C15H16BrNO2S. The van der Waals surface area contributed by atoms with Crippen LogP contribution in [0.2, 0.25) is 0 Å². The highest BCUT2D eigenvalue weighted by atomic mass is 79.9. The molecule has 0 atom stereocenters. The van der Waals surface area contributed by atoms with Gasteiger partial charge in [-0.3, -0.25) is 4.79 Å². The number of carbonyl (C=O) groups is 1. The fourth-order valence-electron chi connectivity index (χ4n) is 1.89. The average molecular weight is 354 g/mol. The maximum absolute atomic E-state index is 12.6. The molecule has 0 spiro atoms. The van der Waals surface area contributed by atoms with Crippen molar-refractivity contribution in [1.29, 1.82) is 0 Å². The zero-order valence-electron chi connectivity index (χ0n) is 11.3. The predicted octanol–water partition coefficient (Wildman–Crippen LogP) is 4.27. The van der Waals surface area contributed by atoms with Crippen molar-refractivity contribution in [3.8, 4) is 5.75 Å². The molecule has 1 heterocycles. The number of phenols is 1. The molecule has 5 heteroatoms. The Morgan fingerprint density at radius 3 is 2.75 bits per heavy atom. The van der Waals surface area contributed by atoms with E-state index in [9.17, 15) is 9.90 Å². The second kappa shape index (κ2) is 6.41. The van der Waals surface area contributed by atoms with Gasteiger partial charge in [-0.25, -0.2) is 0 Å². The van der Waals surface area contributed by atoms with Crippen LogP contribution in [0.3, 0.4) is 0 Å². The van der Waals surface area contributed by atoms with Crippen molar-refractivity contribution >= 4 is 33.2 Å². The number of aromatic hydroxyl groups is 1. The largest absolute Gasteiger partial charge is 0.507 e. The van der Waals surface area contributed by atoms with Crippen molar-refractivity contribution in [2.75, 3.05) is 0 Å². The molecule has 0 unspecified atom stereocenters. The number of rotatable bonds is 4. The molecule has 20 heavy (non-hydrogen) atoms. The van der Waals surface area contributed by atoms with Crippen LogP contribution in [0.15, 0.2) is 40.2 Å². The maximum Gasteiger partial charge on any atom is 0.258 e. The number of nitrogens with zero attached hydrogens (tertiary/aromatic N) is 1. The summed E-state index contributed by atoms with van der Waals surface area (Å²) in [5.74, 6) is -0.151. The van der Waals surface area contributed by atoms with E-state index in [-0.39, 0.29) is 17.7 Å². The molecule has 0 saturated carbocycles. The molecule has 0 aliphatic rings. The van der Waals surface area contributed by atoms with E-state index in [2.05, 4.69) is 15.9 Å². The van der Waals surface area contributed by atoms with Gasteiger partial charge in [0, 0.05) is 15.4 Å². The molecule has 106 valence electrons. The smallest absolute Gasteiger partial charge is 0.258 e. The summed E-state index contributed by atoms with van der Waals surface area (Å²) in [7, 11) is 0. The van der Waals surface area contributed by atoms with Crippen LogP contribution in [0.1, 0.15) is 29.1 Å². The minimum atomic E-state index is -0.160. The average Bonchev–Trinajstić information content (AvgIpc) is 2.90. The van der Waals surface area contributed by atoms with Crippen LogP contribution in [-0.4, -0.2) is 22.0 Å². The molecule has 1 aromatic heterocycles. The molecule has 0 bridgehead atoms. The zero-order valence-corrected chi connectivity index (χ0v) is 13.7. The topological polar surface area (TPSA) is 40.5 Å². The van der Waals surface area contributed by atoms with Crippen LogP contribution < -0.4 is 0 Å². The van der Waals surface area contributed by atoms with Crippen molar-refractivity contribution in [2.45, 2.75) is 26.4 Å². The van der Waals surface area contributed by atoms with E-state index in [0.717, 1.165) is 9.35 Å². The second-order valence-electron chi connectivity index (χ2n) is 4.77. The van der Waals surface area contributed by atoms with Gasteiger partial charge in [-0.1, -0.05) is 22.0 Å². The Kier molecular flexibility index (Phi) is 4.83. The number of thiophene rings is 1. The first kappa shape index (κ1) is 15.1. The van der Waals surface area contributed by atoms with Gasteiger partial charge in [0.2, 0.25) is 0 Å². The summed E-state index contributed by atoms with van der Waals surface area (Å²) >= 11 is 4.95. The lowest BCUT2D eigenvalue weighted by Gasteiger charge is -2.26. The predicted molar refractivity (Wildman–Crippen MR) is 85.1 cm³/mol. The van der Waals surface area contributed by atoms with Crippen molar-refractivity contribution in [3.63, 3.8) is 0 Å². The number of hydrogen-bond acceptors (Lipinski definition) is 3. The van der Waals surface area contributed by atoms with Gasteiger partial charge in [-0.2, -0.15) is 0 Å². The van der Waals surface area contributed by atoms with Gasteiger partial charge in [0.1, 0.15) is 5.75 Å². The minimum Gasteiger partial charge on any atom is -0.507 e. The lowest BCUT2D eigenvalue weighted by atomic mass is 10.1. The van der Waals surface area contributed by atoms with Crippen molar-refractivity contribution in [2.24, 2.45) is 0 Å². The maximum atomic E-state index is 12.6. The van der Waals surface area contributed by atoms with E-state index in [1.165, 1.54) is 6.07 Å². The van der Waals surface area contributed by atoms with E-state index in [1.54, 1.807) is 28.4 Å². The Bertz CT molecular complexity index is 596. The van der Waals surface area contributed by atoms with Crippen LogP contribution in [0.5, 0.6) is 5.75 Å². The minimum absolute atomic E-state index is 0.00929. The van der Waals surface area contributed by atoms with E-state index in [0.29, 0.717) is 12.1 Å². The number of phenolic OH excluding ortho intramolecular Hbond substituents is 1. The molecule has 2 rings (SSSR count). The van der Waals surface area contributed by atoms with Gasteiger partial charge in [0.15, 0.2) is 0 Å². The molecule has 1 amide bonds. The first-order chi connectivity index (χ1) is 9.49.